The molecule has 1 heterocycles. The molecule has 0 aliphatic heterocycles. The molecule has 0 saturated heterocycles. The molecule has 1 N–H and O–H groups in total. The van der Waals surface area contributed by atoms with Gasteiger partial charge < -0.3 is 9.84 Å². The van der Waals surface area contributed by atoms with Crippen LogP contribution < -0.4 is 0 Å². The van der Waals surface area contributed by atoms with Crippen LogP contribution in [0.2, 0.25) is 0 Å². The zero-order chi connectivity index (χ0) is 10.6. The van der Waals surface area contributed by atoms with E-state index in [1.54, 1.807) is 17.8 Å². The smallest absolute Gasteiger partial charge is 0.341 e. The van der Waals surface area contributed by atoms with Gasteiger partial charge in [0, 0.05) is 7.05 Å². The lowest BCUT2D eigenvalue weighted by Crippen LogP contribution is -2.03. The predicted octanol–water partition coefficient (Wildman–Crippen LogP) is 0.212. The summed E-state index contributed by atoms with van der Waals surface area (Å²) in [5, 5.41) is 12.5. The molecule has 0 spiro atoms. The van der Waals surface area contributed by atoms with Crippen molar-refractivity contribution in [1.29, 1.82) is 0 Å². The number of carbonyl (C=O) groups is 1. The highest BCUT2D eigenvalue weighted by Gasteiger charge is 2.13. The van der Waals surface area contributed by atoms with Crippen molar-refractivity contribution in [2.24, 2.45) is 7.05 Å². The Morgan fingerprint density at radius 2 is 2.50 bits per heavy atom. The Labute approximate surface area is 81.6 Å². The van der Waals surface area contributed by atoms with Crippen molar-refractivity contribution in [2.45, 2.75) is 0 Å². The molecule has 14 heavy (non-hydrogen) atoms. The fourth-order valence-corrected chi connectivity index (χ4v) is 1.08. The largest absolute Gasteiger partial charge is 0.465 e. The third kappa shape index (κ3) is 2.00. The average Bonchev–Trinajstić information content (AvgIpc) is 2.56. The summed E-state index contributed by atoms with van der Waals surface area (Å²) < 4.78 is 6.12. The highest BCUT2D eigenvalue weighted by molar-refractivity contribution is 5.92. The molecule has 0 saturated carbocycles. The molecule has 76 valence electrons. The van der Waals surface area contributed by atoms with Crippen molar-refractivity contribution in [3.05, 3.63) is 23.5 Å². The Bertz CT molecular complexity index is 355. The first-order valence-corrected chi connectivity index (χ1v) is 4.08. The first-order chi connectivity index (χ1) is 6.70. The lowest BCUT2D eigenvalue weighted by Gasteiger charge is -1.98. The molecule has 0 unspecified atom stereocenters. The monoisotopic (exact) mass is 196 g/mol. The van der Waals surface area contributed by atoms with Crippen LogP contribution in [0.1, 0.15) is 16.1 Å². The zero-order valence-corrected chi connectivity index (χ0v) is 8.10. The number of rotatable bonds is 3. The number of aryl methyl sites for hydroxylation is 1. The Hall–Kier alpha value is -1.62. The van der Waals surface area contributed by atoms with E-state index in [4.69, 9.17) is 5.11 Å². The normalized spacial score (nSPS) is 10.8. The van der Waals surface area contributed by atoms with Gasteiger partial charge in [-0.05, 0) is 6.08 Å². The molecule has 0 aromatic carbocycles. The van der Waals surface area contributed by atoms with Crippen LogP contribution in [0.15, 0.2) is 12.3 Å². The van der Waals surface area contributed by atoms with Crippen LogP contribution in [-0.2, 0) is 11.8 Å². The van der Waals surface area contributed by atoms with Gasteiger partial charge in [0.15, 0.2) is 0 Å². The summed E-state index contributed by atoms with van der Waals surface area (Å²) in [6, 6.07) is 0. The topological polar surface area (TPSA) is 64.3 Å². The van der Waals surface area contributed by atoms with Gasteiger partial charge in [0.25, 0.3) is 0 Å². The molecule has 0 aliphatic carbocycles. The molecule has 0 aliphatic rings. The predicted molar refractivity (Wildman–Crippen MR) is 50.7 cm³/mol. The van der Waals surface area contributed by atoms with Crippen molar-refractivity contribution in [3.8, 4) is 0 Å². The summed E-state index contributed by atoms with van der Waals surface area (Å²) >= 11 is 0. The lowest BCUT2D eigenvalue weighted by molar-refractivity contribution is 0.0600. The molecular formula is C9H12N2O3. The second-order valence-corrected chi connectivity index (χ2v) is 2.64. The van der Waals surface area contributed by atoms with Crippen LogP contribution in [0.4, 0.5) is 0 Å². The van der Waals surface area contributed by atoms with Crippen molar-refractivity contribution >= 4 is 12.0 Å². The van der Waals surface area contributed by atoms with Crippen molar-refractivity contribution < 1.29 is 14.6 Å². The molecule has 0 fully saturated rings. The summed E-state index contributed by atoms with van der Waals surface area (Å²) in [6.45, 7) is -0.0776. The van der Waals surface area contributed by atoms with Crippen LogP contribution in [-0.4, -0.2) is 34.6 Å². The van der Waals surface area contributed by atoms with Crippen molar-refractivity contribution in [3.63, 3.8) is 0 Å². The van der Waals surface area contributed by atoms with Gasteiger partial charge in [-0.1, -0.05) is 6.08 Å². The maximum atomic E-state index is 11.2. The number of ether oxygens (including phenoxy) is 1. The van der Waals surface area contributed by atoms with Crippen molar-refractivity contribution in [1.82, 2.24) is 9.78 Å². The van der Waals surface area contributed by atoms with Gasteiger partial charge in [-0.25, -0.2) is 4.79 Å². The van der Waals surface area contributed by atoms with Gasteiger partial charge in [-0.15, -0.1) is 0 Å². The third-order valence-corrected chi connectivity index (χ3v) is 1.77. The van der Waals surface area contributed by atoms with Gasteiger partial charge in [0.1, 0.15) is 5.56 Å². The quantitative estimate of drug-likeness (QED) is 0.702. The van der Waals surface area contributed by atoms with E-state index in [1.165, 1.54) is 19.4 Å². The second kappa shape index (κ2) is 4.57. The summed E-state index contributed by atoms with van der Waals surface area (Å²) in [5.41, 5.74) is 1.01. The highest BCUT2D eigenvalue weighted by atomic mass is 16.5. The van der Waals surface area contributed by atoms with Crippen LogP contribution in [0, 0.1) is 0 Å². The number of hydrogen-bond acceptors (Lipinski definition) is 4. The maximum absolute atomic E-state index is 11.2. The highest BCUT2D eigenvalue weighted by Crippen LogP contribution is 2.10. The molecule has 0 atom stereocenters. The number of carbonyl (C=O) groups excluding carboxylic acids is 1. The van der Waals surface area contributed by atoms with Crippen LogP contribution >= 0.6 is 0 Å². The lowest BCUT2D eigenvalue weighted by atomic mass is 10.2. The Kier molecular flexibility index (Phi) is 3.41. The van der Waals surface area contributed by atoms with Gasteiger partial charge in [-0.3, -0.25) is 4.68 Å². The maximum Gasteiger partial charge on any atom is 0.341 e. The van der Waals surface area contributed by atoms with Gasteiger partial charge in [-0.2, -0.15) is 5.10 Å². The first-order valence-electron chi connectivity index (χ1n) is 4.08. The van der Waals surface area contributed by atoms with Crippen molar-refractivity contribution in [2.75, 3.05) is 13.7 Å². The SMILES string of the molecule is COC(=O)c1cnn(C)c1/C=C/CO. The van der Waals surface area contributed by atoms with Gasteiger partial charge >= 0.3 is 5.97 Å². The minimum Gasteiger partial charge on any atom is -0.465 e. The van der Waals surface area contributed by atoms with E-state index < -0.39 is 5.97 Å². The number of aliphatic hydroxyl groups excluding tert-OH is 1. The van der Waals surface area contributed by atoms with Crippen LogP contribution in [0.3, 0.4) is 0 Å². The van der Waals surface area contributed by atoms with E-state index in [0.717, 1.165) is 0 Å². The summed E-state index contributed by atoms with van der Waals surface area (Å²) in [4.78, 5) is 11.2. The minimum absolute atomic E-state index is 0.0776. The van der Waals surface area contributed by atoms with E-state index in [-0.39, 0.29) is 6.61 Å². The van der Waals surface area contributed by atoms with E-state index in [0.29, 0.717) is 11.3 Å². The van der Waals surface area contributed by atoms with E-state index >= 15 is 0 Å². The summed E-state index contributed by atoms with van der Waals surface area (Å²) in [5.74, 6) is -0.435. The zero-order valence-electron chi connectivity index (χ0n) is 8.10. The van der Waals surface area contributed by atoms with Gasteiger partial charge in [0.2, 0.25) is 0 Å². The van der Waals surface area contributed by atoms with Gasteiger partial charge in [0.05, 0.1) is 25.6 Å². The molecule has 1 rings (SSSR count). The molecule has 0 bridgehead atoms. The number of esters is 1. The molecular weight excluding hydrogens is 184 g/mol. The number of aliphatic hydroxyl groups is 1. The summed E-state index contributed by atoms with van der Waals surface area (Å²) in [6.07, 6.45) is 4.59. The van der Waals surface area contributed by atoms with E-state index in [2.05, 4.69) is 9.84 Å². The second-order valence-electron chi connectivity index (χ2n) is 2.64. The van der Waals surface area contributed by atoms with E-state index in [9.17, 15) is 4.79 Å². The Balaban J connectivity index is 3.06. The van der Waals surface area contributed by atoms with E-state index in [1.807, 2.05) is 0 Å². The number of aromatic nitrogens is 2. The number of nitrogens with zero attached hydrogens (tertiary/aromatic N) is 2. The number of hydrogen-bond donors (Lipinski definition) is 1. The standard InChI is InChI=1S/C9H12N2O3/c1-11-8(4-3-5-12)7(6-10-11)9(13)14-2/h3-4,6,12H,5H2,1-2H3/b4-3+. The minimum atomic E-state index is -0.435. The molecule has 0 radical (unpaired) electrons. The Morgan fingerprint density at radius 1 is 1.79 bits per heavy atom. The van der Waals surface area contributed by atoms with Crippen LogP contribution in [0.5, 0.6) is 0 Å². The Morgan fingerprint density at radius 3 is 3.07 bits per heavy atom. The first kappa shape index (κ1) is 10.5. The third-order valence-electron chi connectivity index (χ3n) is 1.77. The molecule has 1 aromatic heterocycles. The summed E-state index contributed by atoms with van der Waals surface area (Å²) in [7, 11) is 3.03. The fraction of sp³-hybridized carbons (Fsp3) is 0.333. The fourth-order valence-electron chi connectivity index (χ4n) is 1.08. The number of methoxy groups -OCH3 is 1. The van der Waals surface area contributed by atoms with Crippen LogP contribution in [0.25, 0.3) is 6.08 Å². The molecule has 1 aromatic rings. The average molecular weight is 196 g/mol. The molecule has 0 amide bonds. The molecule has 5 heteroatoms. The molecule has 5 nitrogen and oxygen atoms in total.